The summed E-state index contributed by atoms with van der Waals surface area (Å²) in [7, 11) is 1.35. The molecule has 0 aliphatic heterocycles. The zero-order valence-electron chi connectivity index (χ0n) is 15.4. The van der Waals surface area contributed by atoms with E-state index in [4.69, 9.17) is 21.1 Å². The maximum absolute atomic E-state index is 12.5. The highest BCUT2D eigenvalue weighted by molar-refractivity contribution is 7.16. The third kappa shape index (κ3) is 4.88. The van der Waals surface area contributed by atoms with E-state index in [0.29, 0.717) is 34.5 Å². The molecule has 3 rings (SSSR count). The second-order valence-corrected chi connectivity index (χ2v) is 8.60. The molecule has 0 unspecified atom stereocenters. The largest absolute Gasteiger partial charge is 0.465 e. The van der Waals surface area contributed by atoms with Crippen LogP contribution in [0.5, 0.6) is 0 Å². The minimum atomic E-state index is -0.402. The summed E-state index contributed by atoms with van der Waals surface area (Å²) in [5, 5.41) is 0. The average molecular weight is 439 g/mol. The highest BCUT2D eigenvalue weighted by atomic mass is 35.5. The maximum Gasteiger partial charge on any atom is 0.337 e. The molecule has 6 nitrogen and oxygen atoms in total. The fourth-order valence-electron chi connectivity index (χ4n) is 2.66. The lowest BCUT2D eigenvalue weighted by molar-refractivity contribution is -0.117. The van der Waals surface area contributed by atoms with Crippen LogP contribution in [0.1, 0.15) is 22.2 Å². The zero-order chi connectivity index (χ0) is 20.1. The number of ether oxygens (including phenoxy) is 2. The molecular weight excluding hydrogens is 420 g/mol. The summed E-state index contributed by atoms with van der Waals surface area (Å²) in [6.45, 7) is 3.60. The van der Waals surface area contributed by atoms with Crippen LogP contribution in [-0.4, -0.2) is 36.8 Å². The summed E-state index contributed by atoms with van der Waals surface area (Å²) in [6, 6.07) is 8.90. The Morgan fingerprint density at radius 2 is 2.04 bits per heavy atom. The molecule has 0 atom stereocenters. The van der Waals surface area contributed by atoms with Gasteiger partial charge in [0.15, 0.2) is 4.80 Å². The van der Waals surface area contributed by atoms with Crippen molar-refractivity contribution in [3.63, 3.8) is 0 Å². The molecule has 9 heteroatoms. The van der Waals surface area contributed by atoms with Gasteiger partial charge in [-0.25, -0.2) is 4.79 Å². The van der Waals surface area contributed by atoms with Crippen molar-refractivity contribution in [2.45, 2.75) is 19.9 Å². The summed E-state index contributed by atoms with van der Waals surface area (Å²) in [5.74, 6) is -0.649. The van der Waals surface area contributed by atoms with Crippen LogP contribution in [0.15, 0.2) is 35.3 Å². The van der Waals surface area contributed by atoms with Crippen LogP contribution in [0.4, 0.5) is 0 Å². The van der Waals surface area contributed by atoms with E-state index in [-0.39, 0.29) is 12.3 Å². The van der Waals surface area contributed by atoms with Gasteiger partial charge in [-0.15, -0.1) is 11.3 Å². The van der Waals surface area contributed by atoms with Gasteiger partial charge in [0.25, 0.3) is 5.91 Å². The van der Waals surface area contributed by atoms with Gasteiger partial charge in [0.1, 0.15) is 0 Å². The smallest absolute Gasteiger partial charge is 0.337 e. The van der Waals surface area contributed by atoms with Crippen molar-refractivity contribution in [1.82, 2.24) is 4.57 Å². The predicted octanol–water partition coefficient (Wildman–Crippen LogP) is 3.91. The molecule has 2 aromatic heterocycles. The molecule has 3 aromatic rings. The summed E-state index contributed by atoms with van der Waals surface area (Å²) in [6.07, 6.45) is 0.199. The average Bonchev–Trinajstić information content (AvgIpc) is 3.23. The van der Waals surface area contributed by atoms with E-state index in [9.17, 15) is 9.59 Å². The number of halogens is 1. The molecular formula is C19H19ClN2O4S2. The standard InChI is InChI=1S/C19H19ClN2O4S2/c1-3-26-9-8-22-14-6-4-12(18(24)25-2)10-15(14)28-19(22)21-17(23)11-13-5-7-16(20)27-13/h4-7,10H,3,8-9,11H2,1-2H3. The number of esters is 1. The predicted molar refractivity (Wildman–Crippen MR) is 111 cm³/mol. The second-order valence-electron chi connectivity index (χ2n) is 5.80. The molecule has 0 fully saturated rings. The number of fused-ring (bicyclic) bond motifs is 1. The number of thiazole rings is 1. The molecule has 0 saturated carbocycles. The summed E-state index contributed by atoms with van der Waals surface area (Å²) >= 11 is 8.66. The molecule has 0 aliphatic carbocycles. The quantitative estimate of drug-likeness (QED) is 0.414. The summed E-state index contributed by atoms with van der Waals surface area (Å²) in [4.78, 5) is 30.0. The topological polar surface area (TPSA) is 69.9 Å². The van der Waals surface area contributed by atoms with Crippen LogP contribution in [0, 0.1) is 0 Å². The first-order valence-corrected chi connectivity index (χ1v) is 10.6. The van der Waals surface area contributed by atoms with E-state index < -0.39 is 5.97 Å². The van der Waals surface area contributed by atoms with Crippen LogP contribution in [0.25, 0.3) is 10.2 Å². The van der Waals surface area contributed by atoms with Gasteiger partial charge in [-0.3, -0.25) is 4.79 Å². The van der Waals surface area contributed by atoms with Crippen LogP contribution in [0.2, 0.25) is 4.34 Å². The monoisotopic (exact) mass is 438 g/mol. The Bertz CT molecular complexity index is 1070. The highest BCUT2D eigenvalue weighted by Gasteiger charge is 2.13. The number of nitrogens with zero attached hydrogens (tertiary/aromatic N) is 2. The number of aromatic nitrogens is 1. The van der Waals surface area contributed by atoms with Crippen molar-refractivity contribution in [1.29, 1.82) is 0 Å². The van der Waals surface area contributed by atoms with E-state index in [2.05, 4.69) is 4.99 Å². The van der Waals surface area contributed by atoms with Crippen LogP contribution in [-0.2, 0) is 27.2 Å². The summed E-state index contributed by atoms with van der Waals surface area (Å²) < 4.78 is 13.7. The van der Waals surface area contributed by atoms with Crippen LogP contribution < -0.4 is 4.80 Å². The lowest BCUT2D eigenvalue weighted by atomic mass is 10.2. The number of amides is 1. The van der Waals surface area contributed by atoms with Gasteiger partial charge in [0.2, 0.25) is 0 Å². The third-order valence-electron chi connectivity index (χ3n) is 3.94. The molecule has 0 spiro atoms. The molecule has 0 bridgehead atoms. The first kappa shape index (κ1) is 20.7. The highest BCUT2D eigenvalue weighted by Crippen LogP contribution is 2.22. The zero-order valence-corrected chi connectivity index (χ0v) is 17.8. The van der Waals surface area contributed by atoms with E-state index >= 15 is 0 Å². The van der Waals surface area contributed by atoms with Crippen molar-refractivity contribution >= 4 is 56.4 Å². The van der Waals surface area contributed by atoms with Crippen LogP contribution >= 0.6 is 34.3 Å². The Morgan fingerprint density at radius 3 is 2.71 bits per heavy atom. The normalized spacial score (nSPS) is 11.9. The van der Waals surface area contributed by atoms with Crippen molar-refractivity contribution in [3.8, 4) is 0 Å². The molecule has 0 saturated heterocycles. The van der Waals surface area contributed by atoms with Gasteiger partial charge in [0, 0.05) is 18.0 Å². The van der Waals surface area contributed by atoms with E-state index in [1.807, 2.05) is 23.6 Å². The minimum Gasteiger partial charge on any atom is -0.465 e. The van der Waals surface area contributed by atoms with Crippen LogP contribution in [0.3, 0.4) is 0 Å². The maximum atomic E-state index is 12.5. The first-order chi connectivity index (χ1) is 13.5. The van der Waals surface area contributed by atoms with Gasteiger partial charge in [0.05, 0.1) is 40.3 Å². The number of hydrogen-bond donors (Lipinski definition) is 0. The van der Waals surface area contributed by atoms with E-state index in [0.717, 1.165) is 15.1 Å². The fourth-order valence-corrected chi connectivity index (χ4v) is 4.85. The van der Waals surface area contributed by atoms with Gasteiger partial charge in [-0.1, -0.05) is 22.9 Å². The Morgan fingerprint density at radius 1 is 1.21 bits per heavy atom. The number of hydrogen-bond acceptors (Lipinski definition) is 6. The molecule has 2 heterocycles. The first-order valence-electron chi connectivity index (χ1n) is 8.63. The molecule has 1 amide bonds. The number of benzene rings is 1. The lowest BCUT2D eigenvalue weighted by Gasteiger charge is -2.06. The van der Waals surface area contributed by atoms with Crippen molar-refractivity contribution in [2.75, 3.05) is 20.3 Å². The Balaban J connectivity index is 1.98. The van der Waals surface area contributed by atoms with E-state index in [1.165, 1.54) is 29.8 Å². The molecule has 0 radical (unpaired) electrons. The lowest BCUT2D eigenvalue weighted by Crippen LogP contribution is -2.20. The molecule has 28 heavy (non-hydrogen) atoms. The van der Waals surface area contributed by atoms with Crippen molar-refractivity contribution in [3.05, 3.63) is 49.9 Å². The van der Waals surface area contributed by atoms with Gasteiger partial charge < -0.3 is 14.0 Å². The number of rotatable bonds is 7. The Labute approximate surface area is 175 Å². The van der Waals surface area contributed by atoms with E-state index in [1.54, 1.807) is 18.2 Å². The number of carbonyl (C=O) groups excluding carboxylic acids is 2. The van der Waals surface area contributed by atoms with Gasteiger partial charge >= 0.3 is 5.97 Å². The fraction of sp³-hybridized carbons (Fsp3) is 0.316. The Kier molecular flexibility index (Phi) is 7.01. The molecule has 148 valence electrons. The summed E-state index contributed by atoms with van der Waals surface area (Å²) in [5.41, 5.74) is 1.35. The minimum absolute atomic E-state index is 0.199. The second kappa shape index (κ2) is 9.47. The third-order valence-corrected chi connectivity index (χ3v) is 6.21. The van der Waals surface area contributed by atoms with Crippen molar-refractivity contribution in [2.24, 2.45) is 4.99 Å². The number of thiophene rings is 1. The number of carbonyl (C=O) groups is 2. The molecule has 0 aliphatic rings. The Hall–Kier alpha value is -2.00. The molecule has 0 N–H and O–H groups in total. The SMILES string of the molecule is CCOCCn1c(=NC(=O)Cc2ccc(Cl)s2)sc2cc(C(=O)OC)ccc21. The van der Waals surface area contributed by atoms with Gasteiger partial charge in [-0.05, 0) is 37.3 Å². The van der Waals surface area contributed by atoms with Crippen molar-refractivity contribution < 1.29 is 19.1 Å². The number of methoxy groups -OCH3 is 1. The van der Waals surface area contributed by atoms with Gasteiger partial charge in [-0.2, -0.15) is 4.99 Å². The molecule has 1 aromatic carbocycles.